The number of nitrogens with one attached hydrogen (secondary N) is 1. The minimum Gasteiger partial charge on any atom is -0.376 e. The Morgan fingerprint density at radius 3 is 3.00 bits per heavy atom. The number of hydrogen-bond acceptors (Lipinski definition) is 2. The summed E-state index contributed by atoms with van der Waals surface area (Å²) in [6, 6.07) is 0. The Hall–Kier alpha value is 0.390. The molecule has 0 aromatic heterocycles. The lowest BCUT2D eigenvalue weighted by Gasteiger charge is -2.13. The van der Waals surface area contributed by atoms with Gasteiger partial charge in [-0.3, -0.25) is 4.79 Å². The summed E-state index contributed by atoms with van der Waals surface area (Å²) in [4.78, 5) is 11.4. The molecule has 3 nitrogen and oxygen atoms in total. The normalized spacial score (nSPS) is 23.4. The molecule has 1 aliphatic rings. The van der Waals surface area contributed by atoms with Crippen LogP contribution in [0.25, 0.3) is 0 Å². The maximum absolute atomic E-state index is 11.5. The molecular formula is C9H15Br2NO2. The van der Waals surface area contributed by atoms with Crippen LogP contribution in [0.2, 0.25) is 0 Å². The summed E-state index contributed by atoms with van der Waals surface area (Å²) in [5, 5.41) is 3.71. The molecule has 2 atom stereocenters. The largest absolute Gasteiger partial charge is 0.376 e. The molecule has 1 N–H and O–H groups in total. The van der Waals surface area contributed by atoms with Gasteiger partial charge in [0, 0.05) is 18.5 Å². The molecule has 0 saturated carbocycles. The lowest BCUT2D eigenvalue weighted by Crippen LogP contribution is -2.36. The smallest absolute Gasteiger partial charge is 0.233 e. The van der Waals surface area contributed by atoms with Crippen LogP contribution < -0.4 is 5.32 Å². The van der Waals surface area contributed by atoms with Crippen molar-refractivity contribution in [2.24, 2.45) is 0 Å². The molecule has 82 valence electrons. The van der Waals surface area contributed by atoms with E-state index < -0.39 is 0 Å². The third-order valence-electron chi connectivity index (χ3n) is 2.18. The van der Waals surface area contributed by atoms with E-state index in [1.54, 1.807) is 0 Å². The number of rotatable bonds is 5. The Labute approximate surface area is 101 Å². The lowest BCUT2D eigenvalue weighted by atomic mass is 10.2. The zero-order valence-corrected chi connectivity index (χ0v) is 11.1. The SMILES string of the molecule is O=C(NC[C@@H]1CCCO1)[C@H](Br)CCBr. The number of hydrogen-bond donors (Lipinski definition) is 1. The van der Waals surface area contributed by atoms with Gasteiger partial charge in [0.2, 0.25) is 5.91 Å². The fourth-order valence-corrected chi connectivity index (χ4v) is 2.82. The van der Waals surface area contributed by atoms with E-state index >= 15 is 0 Å². The molecular weight excluding hydrogens is 314 g/mol. The third kappa shape index (κ3) is 4.28. The third-order valence-corrected chi connectivity index (χ3v) is 3.51. The summed E-state index contributed by atoms with van der Waals surface area (Å²) in [6.45, 7) is 1.48. The van der Waals surface area contributed by atoms with E-state index in [1.165, 1.54) is 0 Å². The summed E-state index contributed by atoms with van der Waals surface area (Å²) in [5.74, 6) is 0.0555. The predicted octanol–water partition coefficient (Wildman–Crippen LogP) is 1.83. The van der Waals surface area contributed by atoms with Crippen molar-refractivity contribution in [2.75, 3.05) is 18.5 Å². The summed E-state index contributed by atoms with van der Waals surface area (Å²) in [6.07, 6.45) is 3.20. The zero-order chi connectivity index (χ0) is 10.4. The number of carbonyl (C=O) groups excluding carboxylic acids is 1. The Morgan fingerprint density at radius 2 is 2.43 bits per heavy atom. The van der Waals surface area contributed by atoms with Crippen LogP contribution >= 0.6 is 31.9 Å². The highest BCUT2D eigenvalue weighted by Gasteiger charge is 2.18. The summed E-state index contributed by atoms with van der Waals surface area (Å²) in [7, 11) is 0. The van der Waals surface area contributed by atoms with Crippen LogP contribution in [0.5, 0.6) is 0 Å². The van der Waals surface area contributed by atoms with Gasteiger partial charge in [0.25, 0.3) is 0 Å². The van der Waals surface area contributed by atoms with Gasteiger partial charge in [-0.05, 0) is 19.3 Å². The van der Waals surface area contributed by atoms with E-state index in [4.69, 9.17) is 4.74 Å². The molecule has 1 heterocycles. The molecule has 0 bridgehead atoms. The number of halogens is 2. The first-order valence-corrected chi connectivity index (χ1v) is 6.87. The minimum absolute atomic E-state index is 0.0555. The second kappa shape index (κ2) is 6.80. The van der Waals surface area contributed by atoms with E-state index in [1.807, 2.05) is 0 Å². The Kier molecular flexibility index (Phi) is 6.05. The number of amides is 1. The molecule has 0 aliphatic carbocycles. The van der Waals surface area contributed by atoms with Crippen molar-refractivity contribution in [2.45, 2.75) is 30.2 Å². The second-order valence-corrected chi connectivity index (χ2v) is 5.22. The number of carbonyl (C=O) groups is 1. The molecule has 0 spiro atoms. The van der Waals surface area contributed by atoms with Gasteiger partial charge in [0.15, 0.2) is 0 Å². The first-order chi connectivity index (χ1) is 6.74. The summed E-state index contributed by atoms with van der Waals surface area (Å²) < 4.78 is 5.40. The first-order valence-electron chi connectivity index (χ1n) is 4.83. The predicted molar refractivity (Wildman–Crippen MR) is 63.1 cm³/mol. The molecule has 1 aliphatic heterocycles. The Balaban J connectivity index is 2.13. The summed E-state index contributed by atoms with van der Waals surface area (Å²) >= 11 is 6.63. The number of alkyl halides is 2. The van der Waals surface area contributed by atoms with Gasteiger partial charge in [-0.1, -0.05) is 31.9 Å². The molecule has 5 heteroatoms. The van der Waals surface area contributed by atoms with Crippen molar-refractivity contribution >= 4 is 37.8 Å². The molecule has 1 saturated heterocycles. The molecule has 0 radical (unpaired) electrons. The van der Waals surface area contributed by atoms with Crippen LogP contribution in [0.4, 0.5) is 0 Å². The lowest BCUT2D eigenvalue weighted by molar-refractivity contribution is -0.120. The van der Waals surface area contributed by atoms with Crippen molar-refractivity contribution in [1.82, 2.24) is 5.32 Å². The molecule has 0 unspecified atom stereocenters. The van der Waals surface area contributed by atoms with E-state index in [9.17, 15) is 4.79 Å². The molecule has 1 amide bonds. The van der Waals surface area contributed by atoms with E-state index in [2.05, 4.69) is 37.2 Å². The quantitative estimate of drug-likeness (QED) is 0.782. The van der Waals surface area contributed by atoms with Crippen LogP contribution in [-0.2, 0) is 9.53 Å². The zero-order valence-electron chi connectivity index (χ0n) is 7.97. The highest BCUT2D eigenvalue weighted by Crippen LogP contribution is 2.11. The highest BCUT2D eigenvalue weighted by molar-refractivity contribution is 9.10. The van der Waals surface area contributed by atoms with Crippen molar-refractivity contribution in [3.05, 3.63) is 0 Å². The van der Waals surface area contributed by atoms with Crippen LogP contribution in [0.15, 0.2) is 0 Å². The van der Waals surface area contributed by atoms with E-state index in [0.717, 1.165) is 31.2 Å². The van der Waals surface area contributed by atoms with E-state index in [0.29, 0.717) is 6.54 Å². The standard InChI is InChI=1S/C9H15Br2NO2/c10-4-3-8(11)9(13)12-6-7-2-1-5-14-7/h7-8H,1-6H2,(H,12,13)/t7-,8+/m0/s1. The fraction of sp³-hybridized carbons (Fsp3) is 0.889. The highest BCUT2D eigenvalue weighted by atomic mass is 79.9. The maximum Gasteiger partial charge on any atom is 0.233 e. The first kappa shape index (κ1) is 12.5. The monoisotopic (exact) mass is 327 g/mol. The second-order valence-electron chi connectivity index (χ2n) is 3.33. The van der Waals surface area contributed by atoms with E-state index in [-0.39, 0.29) is 16.8 Å². The van der Waals surface area contributed by atoms with Gasteiger partial charge in [0.1, 0.15) is 0 Å². The van der Waals surface area contributed by atoms with Crippen molar-refractivity contribution in [3.8, 4) is 0 Å². The van der Waals surface area contributed by atoms with Crippen LogP contribution in [0.1, 0.15) is 19.3 Å². The van der Waals surface area contributed by atoms with Gasteiger partial charge in [-0.25, -0.2) is 0 Å². The van der Waals surface area contributed by atoms with Gasteiger partial charge < -0.3 is 10.1 Å². The molecule has 0 aromatic rings. The van der Waals surface area contributed by atoms with Crippen LogP contribution in [0.3, 0.4) is 0 Å². The number of ether oxygens (including phenoxy) is 1. The van der Waals surface area contributed by atoms with Gasteiger partial charge in [0.05, 0.1) is 10.9 Å². The van der Waals surface area contributed by atoms with Crippen molar-refractivity contribution in [1.29, 1.82) is 0 Å². The fourth-order valence-electron chi connectivity index (χ4n) is 1.36. The molecule has 1 fully saturated rings. The maximum atomic E-state index is 11.5. The average Bonchev–Trinajstić information content (AvgIpc) is 2.67. The van der Waals surface area contributed by atoms with Gasteiger partial charge in [-0.2, -0.15) is 0 Å². The van der Waals surface area contributed by atoms with Gasteiger partial charge in [-0.15, -0.1) is 0 Å². The Bertz CT molecular complexity index is 184. The van der Waals surface area contributed by atoms with Crippen LogP contribution in [-0.4, -0.2) is 35.3 Å². The van der Waals surface area contributed by atoms with Crippen molar-refractivity contribution in [3.63, 3.8) is 0 Å². The minimum atomic E-state index is -0.0942. The molecule has 1 rings (SSSR count). The average molecular weight is 329 g/mol. The van der Waals surface area contributed by atoms with Gasteiger partial charge >= 0.3 is 0 Å². The van der Waals surface area contributed by atoms with Crippen LogP contribution in [0, 0.1) is 0 Å². The Morgan fingerprint density at radius 1 is 1.64 bits per heavy atom. The topological polar surface area (TPSA) is 38.3 Å². The summed E-state index contributed by atoms with van der Waals surface area (Å²) in [5.41, 5.74) is 0. The van der Waals surface area contributed by atoms with Crippen molar-refractivity contribution < 1.29 is 9.53 Å². The molecule has 14 heavy (non-hydrogen) atoms. The molecule has 0 aromatic carbocycles.